The van der Waals surface area contributed by atoms with Gasteiger partial charge in [-0.1, -0.05) is 23.3 Å². The molecule has 0 saturated heterocycles. The number of carbonyl (C=O) groups excluding carboxylic acids is 1. The third kappa shape index (κ3) is 3.49. The molecule has 0 atom stereocenters. The molecule has 0 saturated carbocycles. The summed E-state index contributed by atoms with van der Waals surface area (Å²) in [7, 11) is 0. The highest BCUT2D eigenvalue weighted by atomic mass is 19.1. The molecule has 0 aliphatic rings. The van der Waals surface area contributed by atoms with E-state index in [4.69, 9.17) is 4.42 Å². The molecule has 23 heavy (non-hydrogen) atoms. The summed E-state index contributed by atoms with van der Waals surface area (Å²) in [6.45, 7) is 0. The van der Waals surface area contributed by atoms with Crippen LogP contribution in [-0.2, 0) is 0 Å². The van der Waals surface area contributed by atoms with E-state index in [9.17, 15) is 13.6 Å². The van der Waals surface area contributed by atoms with Crippen molar-refractivity contribution in [1.29, 1.82) is 0 Å². The highest BCUT2D eigenvalue weighted by Gasteiger charge is 2.16. The van der Waals surface area contributed by atoms with Crippen LogP contribution in [-0.4, -0.2) is 16.1 Å². The quantitative estimate of drug-likeness (QED) is 0.771. The molecule has 6 nitrogen and oxygen atoms in total. The van der Waals surface area contributed by atoms with Crippen LogP contribution in [0.25, 0.3) is 0 Å². The Bertz CT molecular complexity index is 837. The minimum absolute atomic E-state index is 0.0509. The lowest BCUT2D eigenvalue weighted by atomic mass is 10.3. The van der Waals surface area contributed by atoms with Gasteiger partial charge in [0.1, 0.15) is 11.6 Å². The van der Waals surface area contributed by atoms with Gasteiger partial charge in [0.25, 0.3) is 0 Å². The summed E-state index contributed by atoms with van der Waals surface area (Å²) in [6, 6.07) is 11.5. The van der Waals surface area contributed by atoms with E-state index < -0.39 is 17.5 Å². The monoisotopic (exact) mass is 316 g/mol. The summed E-state index contributed by atoms with van der Waals surface area (Å²) >= 11 is 0. The van der Waals surface area contributed by atoms with Crippen molar-refractivity contribution in [3.63, 3.8) is 0 Å². The Labute approximate surface area is 129 Å². The first-order chi connectivity index (χ1) is 11.1. The molecule has 0 fully saturated rings. The van der Waals surface area contributed by atoms with E-state index in [0.717, 1.165) is 6.07 Å². The van der Waals surface area contributed by atoms with Crippen LogP contribution in [0.1, 0.15) is 10.7 Å². The lowest BCUT2D eigenvalue weighted by Crippen LogP contribution is -2.12. The zero-order valence-electron chi connectivity index (χ0n) is 11.6. The number of aromatic nitrogens is 2. The summed E-state index contributed by atoms with van der Waals surface area (Å²) < 4.78 is 31.4. The predicted octanol–water partition coefficient (Wildman–Crippen LogP) is 3.34. The first kappa shape index (κ1) is 14.6. The Morgan fingerprint density at radius 2 is 1.83 bits per heavy atom. The van der Waals surface area contributed by atoms with E-state index in [1.807, 2.05) is 6.07 Å². The van der Waals surface area contributed by atoms with Gasteiger partial charge in [0.2, 0.25) is 0 Å². The van der Waals surface area contributed by atoms with Gasteiger partial charge >= 0.3 is 17.8 Å². The van der Waals surface area contributed by atoms with Crippen molar-refractivity contribution < 1.29 is 18.0 Å². The van der Waals surface area contributed by atoms with Gasteiger partial charge < -0.3 is 15.1 Å². The van der Waals surface area contributed by atoms with E-state index in [2.05, 4.69) is 20.8 Å². The number of halogens is 2. The molecule has 116 valence electrons. The maximum absolute atomic E-state index is 13.5. The lowest BCUT2D eigenvalue weighted by Gasteiger charge is -2.02. The molecule has 0 aliphatic heterocycles. The predicted molar refractivity (Wildman–Crippen MR) is 78.3 cm³/mol. The van der Waals surface area contributed by atoms with E-state index >= 15 is 0 Å². The third-order valence-electron chi connectivity index (χ3n) is 2.82. The SMILES string of the molecule is O=C(Nc1ccccc1)c1nnc(Nc2ccc(F)cc2F)o1. The standard InChI is InChI=1S/C15H10F2N4O2/c16-9-6-7-12(11(17)8-9)19-15-21-20-14(23-15)13(22)18-10-4-2-1-3-5-10/h1-8H,(H,18,22)(H,19,21). The minimum atomic E-state index is -0.821. The summed E-state index contributed by atoms with van der Waals surface area (Å²) in [5.74, 6) is -2.42. The van der Waals surface area contributed by atoms with E-state index in [1.165, 1.54) is 6.07 Å². The van der Waals surface area contributed by atoms with Gasteiger partial charge in [0.15, 0.2) is 0 Å². The number of rotatable bonds is 4. The normalized spacial score (nSPS) is 10.3. The molecular formula is C15H10F2N4O2. The number of para-hydroxylation sites is 1. The topological polar surface area (TPSA) is 80.0 Å². The first-order valence-corrected chi connectivity index (χ1v) is 6.54. The van der Waals surface area contributed by atoms with Crippen molar-refractivity contribution >= 4 is 23.3 Å². The fraction of sp³-hybridized carbons (Fsp3) is 0. The molecule has 0 radical (unpaired) electrons. The van der Waals surface area contributed by atoms with Crippen LogP contribution in [0.2, 0.25) is 0 Å². The Kier molecular flexibility index (Phi) is 3.96. The molecule has 0 bridgehead atoms. The van der Waals surface area contributed by atoms with Gasteiger partial charge in [0, 0.05) is 11.8 Å². The van der Waals surface area contributed by atoms with Crippen LogP contribution in [0.4, 0.5) is 26.2 Å². The summed E-state index contributed by atoms with van der Waals surface area (Å²) in [6.07, 6.45) is 0. The number of amides is 1. The van der Waals surface area contributed by atoms with E-state index in [0.29, 0.717) is 11.8 Å². The zero-order valence-corrected chi connectivity index (χ0v) is 11.6. The van der Waals surface area contributed by atoms with E-state index in [-0.39, 0.29) is 17.6 Å². The second-order valence-electron chi connectivity index (χ2n) is 4.48. The molecule has 8 heteroatoms. The number of benzene rings is 2. The number of nitrogens with zero attached hydrogens (tertiary/aromatic N) is 2. The van der Waals surface area contributed by atoms with Crippen molar-refractivity contribution in [2.45, 2.75) is 0 Å². The van der Waals surface area contributed by atoms with Crippen molar-refractivity contribution in [1.82, 2.24) is 10.2 Å². The maximum Gasteiger partial charge on any atom is 0.320 e. The van der Waals surface area contributed by atoms with Crippen LogP contribution in [0.3, 0.4) is 0 Å². The van der Waals surface area contributed by atoms with Crippen molar-refractivity contribution in [2.24, 2.45) is 0 Å². The first-order valence-electron chi connectivity index (χ1n) is 6.54. The fourth-order valence-electron chi connectivity index (χ4n) is 1.78. The molecule has 3 aromatic rings. The van der Waals surface area contributed by atoms with Gasteiger partial charge in [-0.3, -0.25) is 4.79 Å². The fourth-order valence-corrected chi connectivity index (χ4v) is 1.78. The Hall–Kier alpha value is -3.29. The molecular weight excluding hydrogens is 306 g/mol. The van der Waals surface area contributed by atoms with Crippen molar-refractivity contribution in [3.05, 3.63) is 66.1 Å². The highest BCUT2D eigenvalue weighted by molar-refractivity contribution is 6.00. The van der Waals surface area contributed by atoms with Gasteiger partial charge in [0.05, 0.1) is 5.69 Å². The molecule has 0 aliphatic carbocycles. The van der Waals surface area contributed by atoms with E-state index in [1.54, 1.807) is 24.3 Å². The Balaban J connectivity index is 1.71. The highest BCUT2D eigenvalue weighted by Crippen LogP contribution is 2.20. The summed E-state index contributed by atoms with van der Waals surface area (Å²) in [4.78, 5) is 11.9. The van der Waals surface area contributed by atoms with Crippen LogP contribution < -0.4 is 10.6 Å². The summed E-state index contributed by atoms with van der Waals surface area (Å²) in [5.41, 5.74) is 0.514. The molecule has 3 rings (SSSR count). The second kappa shape index (κ2) is 6.22. The largest absolute Gasteiger partial charge is 0.399 e. The van der Waals surface area contributed by atoms with Crippen LogP contribution in [0.5, 0.6) is 0 Å². The Morgan fingerprint density at radius 1 is 1.04 bits per heavy atom. The second-order valence-corrected chi connectivity index (χ2v) is 4.48. The zero-order chi connectivity index (χ0) is 16.2. The molecule has 2 aromatic carbocycles. The molecule has 0 unspecified atom stereocenters. The molecule has 1 heterocycles. The molecule has 1 amide bonds. The van der Waals surface area contributed by atoms with Gasteiger partial charge in [-0.2, -0.15) is 0 Å². The Morgan fingerprint density at radius 3 is 2.57 bits per heavy atom. The summed E-state index contributed by atoms with van der Waals surface area (Å²) in [5, 5.41) is 12.2. The number of hydrogen-bond acceptors (Lipinski definition) is 5. The van der Waals surface area contributed by atoms with Gasteiger partial charge in [-0.25, -0.2) is 8.78 Å². The average molecular weight is 316 g/mol. The van der Waals surface area contributed by atoms with Crippen molar-refractivity contribution in [2.75, 3.05) is 10.6 Å². The maximum atomic E-state index is 13.5. The third-order valence-corrected chi connectivity index (χ3v) is 2.82. The number of carbonyl (C=O) groups is 1. The van der Waals surface area contributed by atoms with Crippen LogP contribution >= 0.6 is 0 Å². The number of hydrogen-bond donors (Lipinski definition) is 2. The average Bonchev–Trinajstić information content (AvgIpc) is 3.00. The number of nitrogens with one attached hydrogen (secondary N) is 2. The van der Waals surface area contributed by atoms with Crippen LogP contribution in [0, 0.1) is 11.6 Å². The van der Waals surface area contributed by atoms with Crippen LogP contribution in [0.15, 0.2) is 52.9 Å². The molecule has 1 aromatic heterocycles. The number of anilines is 3. The van der Waals surface area contributed by atoms with Gasteiger partial charge in [-0.05, 0) is 24.3 Å². The smallest absolute Gasteiger partial charge is 0.320 e. The minimum Gasteiger partial charge on any atom is -0.399 e. The van der Waals surface area contributed by atoms with Gasteiger partial charge in [-0.15, -0.1) is 5.10 Å². The lowest BCUT2D eigenvalue weighted by molar-refractivity contribution is 0.0991. The molecule has 0 spiro atoms. The van der Waals surface area contributed by atoms with Crippen molar-refractivity contribution in [3.8, 4) is 0 Å². The molecule has 2 N–H and O–H groups in total.